The van der Waals surface area contributed by atoms with Crippen LogP contribution in [0.5, 0.6) is 5.75 Å². The number of hydrogen-bond acceptors (Lipinski definition) is 2. The third-order valence-corrected chi connectivity index (χ3v) is 2.25. The summed E-state index contributed by atoms with van der Waals surface area (Å²) in [7, 11) is 0. The Hall–Kier alpha value is -1.59. The quantitative estimate of drug-likeness (QED) is 0.336. The van der Waals surface area contributed by atoms with Crippen LogP contribution in [0.15, 0.2) is 0 Å². The average Bonchev–Trinajstić information content (AvgIpc) is 2.28. The monoisotopic (exact) mass is 264 g/mol. The molecule has 0 radical (unpaired) electrons. The zero-order valence-corrected chi connectivity index (χ0v) is 10.3. The lowest BCUT2D eigenvalue weighted by Crippen LogP contribution is -2.26. The summed E-state index contributed by atoms with van der Waals surface area (Å²) in [6.45, 7) is 5.19. The lowest BCUT2D eigenvalue weighted by molar-refractivity contribution is -0.143. The average molecular weight is 264 g/mol. The van der Waals surface area contributed by atoms with Crippen molar-refractivity contribution < 1.29 is 27.1 Å². The van der Waals surface area contributed by atoms with Gasteiger partial charge in [-0.3, -0.25) is 4.79 Å². The molecule has 1 rings (SSSR count). The normalized spacial score (nSPS) is 11.6. The van der Waals surface area contributed by atoms with Crippen molar-refractivity contribution in [2.75, 3.05) is 0 Å². The zero-order chi connectivity index (χ0) is 14.2. The molecule has 6 heteroatoms. The predicted molar refractivity (Wildman–Crippen MR) is 56.1 cm³/mol. The van der Waals surface area contributed by atoms with Crippen molar-refractivity contribution in [1.82, 2.24) is 0 Å². The Morgan fingerprint density at radius 2 is 1.33 bits per heavy atom. The predicted octanol–water partition coefficient (Wildman–Crippen LogP) is 3.50. The van der Waals surface area contributed by atoms with Crippen molar-refractivity contribution in [3.05, 3.63) is 28.8 Å². The Bertz CT molecular complexity index is 475. The van der Waals surface area contributed by atoms with Crippen LogP contribution >= 0.6 is 0 Å². The van der Waals surface area contributed by atoms with Gasteiger partial charge in [0, 0.05) is 5.56 Å². The summed E-state index contributed by atoms with van der Waals surface area (Å²) in [6, 6.07) is 0. The van der Waals surface area contributed by atoms with E-state index in [1.54, 1.807) is 0 Å². The van der Waals surface area contributed by atoms with Crippen molar-refractivity contribution in [1.29, 1.82) is 0 Å². The molecular formula is C12H12F4O2. The van der Waals surface area contributed by atoms with Gasteiger partial charge in [0.25, 0.3) is 0 Å². The minimum absolute atomic E-state index is 0.805. The molecule has 1 aromatic rings. The molecule has 2 nitrogen and oxygen atoms in total. The molecule has 1 aromatic carbocycles. The van der Waals surface area contributed by atoms with Gasteiger partial charge in [-0.1, -0.05) is 0 Å². The van der Waals surface area contributed by atoms with E-state index in [-0.39, 0.29) is 0 Å². The molecule has 0 bridgehead atoms. The first kappa shape index (κ1) is 14.5. The third kappa shape index (κ3) is 2.47. The highest BCUT2D eigenvalue weighted by molar-refractivity contribution is 5.78. The topological polar surface area (TPSA) is 26.3 Å². The van der Waals surface area contributed by atoms with Crippen LogP contribution in [0.3, 0.4) is 0 Å². The van der Waals surface area contributed by atoms with E-state index in [0.29, 0.717) is 0 Å². The third-order valence-electron chi connectivity index (χ3n) is 2.25. The highest BCUT2D eigenvalue weighted by Crippen LogP contribution is 2.31. The molecule has 0 spiro atoms. The Morgan fingerprint density at radius 1 is 0.944 bits per heavy atom. The smallest absolute Gasteiger partial charge is 0.316 e. The van der Waals surface area contributed by atoms with Crippen LogP contribution in [0.1, 0.15) is 26.3 Å². The maximum Gasteiger partial charge on any atom is 0.316 e. The van der Waals surface area contributed by atoms with E-state index in [2.05, 4.69) is 4.74 Å². The standard InChI is InChI=1S/C12H12F4O2/c1-5-6(13)8(15)10(9(16)7(5)14)18-11(17)12(2,3)4/h1-4H3. The highest BCUT2D eigenvalue weighted by Gasteiger charge is 2.30. The number of ether oxygens (including phenoxy) is 1. The molecule has 0 saturated carbocycles. The summed E-state index contributed by atoms with van der Waals surface area (Å²) in [5.74, 6) is -8.94. The molecule has 18 heavy (non-hydrogen) atoms. The minimum atomic E-state index is -1.72. The van der Waals surface area contributed by atoms with Gasteiger partial charge in [-0.2, -0.15) is 8.78 Å². The summed E-state index contributed by atoms with van der Waals surface area (Å²) in [6.07, 6.45) is 0. The SMILES string of the molecule is Cc1c(F)c(F)c(OC(=O)C(C)(C)C)c(F)c1F. The van der Waals surface area contributed by atoms with Gasteiger partial charge in [-0.25, -0.2) is 8.78 Å². The van der Waals surface area contributed by atoms with Crippen LogP contribution in [0.25, 0.3) is 0 Å². The minimum Gasteiger partial charge on any atom is -0.420 e. The fourth-order valence-electron chi connectivity index (χ4n) is 1.06. The molecule has 0 saturated heterocycles. The van der Waals surface area contributed by atoms with Crippen molar-refractivity contribution in [2.24, 2.45) is 5.41 Å². The van der Waals surface area contributed by atoms with E-state index in [0.717, 1.165) is 6.92 Å². The van der Waals surface area contributed by atoms with Gasteiger partial charge in [0.2, 0.25) is 17.4 Å². The van der Waals surface area contributed by atoms with Crippen molar-refractivity contribution in [3.8, 4) is 5.75 Å². The molecule has 0 fully saturated rings. The van der Waals surface area contributed by atoms with E-state index in [4.69, 9.17) is 0 Å². The van der Waals surface area contributed by atoms with Crippen molar-refractivity contribution in [3.63, 3.8) is 0 Å². The highest BCUT2D eigenvalue weighted by atomic mass is 19.2. The molecule has 0 aliphatic rings. The molecule has 0 N–H and O–H groups in total. The second-order valence-electron chi connectivity index (χ2n) is 4.85. The van der Waals surface area contributed by atoms with Crippen LogP contribution in [0, 0.1) is 35.6 Å². The number of carbonyl (C=O) groups excluding carboxylic acids is 1. The van der Waals surface area contributed by atoms with Gasteiger partial charge in [-0.15, -0.1) is 0 Å². The molecule has 0 heterocycles. The number of hydrogen-bond donors (Lipinski definition) is 0. The second-order valence-corrected chi connectivity index (χ2v) is 4.85. The number of benzene rings is 1. The Kier molecular flexibility index (Phi) is 3.69. The van der Waals surface area contributed by atoms with Crippen LogP contribution in [-0.2, 0) is 4.79 Å². The molecule has 0 atom stereocenters. The Labute approximate surface area is 102 Å². The lowest BCUT2D eigenvalue weighted by Gasteiger charge is -2.17. The van der Waals surface area contributed by atoms with Gasteiger partial charge < -0.3 is 4.74 Å². The zero-order valence-electron chi connectivity index (χ0n) is 10.3. The Morgan fingerprint density at radius 3 is 1.67 bits per heavy atom. The maximum atomic E-state index is 13.4. The first-order valence-electron chi connectivity index (χ1n) is 5.12. The lowest BCUT2D eigenvalue weighted by atomic mass is 9.97. The number of halogens is 4. The van der Waals surface area contributed by atoms with Gasteiger partial charge in [-0.05, 0) is 27.7 Å². The van der Waals surface area contributed by atoms with Crippen LogP contribution in [-0.4, -0.2) is 5.97 Å². The second kappa shape index (κ2) is 4.59. The fourth-order valence-corrected chi connectivity index (χ4v) is 1.06. The molecule has 100 valence electrons. The number of rotatable bonds is 1. The molecule has 0 aliphatic heterocycles. The number of esters is 1. The molecular weight excluding hydrogens is 252 g/mol. The van der Waals surface area contributed by atoms with Crippen molar-refractivity contribution >= 4 is 5.97 Å². The summed E-state index contributed by atoms with van der Waals surface area (Å²) in [5, 5.41) is 0. The van der Waals surface area contributed by atoms with E-state index >= 15 is 0 Å². The van der Waals surface area contributed by atoms with Gasteiger partial charge >= 0.3 is 5.97 Å². The molecule has 0 amide bonds. The molecule has 0 unspecified atom stereocenters. The molecule has 0 aromatic heterocycles. The van der Waals surface area contributed by atoms with Gasteiger partial charge in [0.1, 0.15) is 0 Å². The maximum absolute atomic E-state index is 13.4. The molecule has 0 aliphatic carbocycles. The fraction of sp³-hybridized carbons (Fsp3) is 0.417. The summed E-state index contributed by atoms with van der Waals surface area (Å²) in [4.78, 5) is 11.4. The van der Waals surface area contributed by atoms with E-state index < -0.39 is 46.0 Å². The van der Waals surface area contributed by atoms with Gasteiger partial charge in [0.15, 0.2) is 11.6 Å². The Balaban J connectivity index is 3.31. The van der Waals surface area contributed by atoms with Crippen LogP contribution < -0.4 is 4.74 Å². The van der Waals surface area contributed by atoms with E-state index in [9.17, 15) is 22.4 Å². The van der Waals surface area contributed by atoms with E-state index in [1.165, 1.54) is 20.8 Å². The van der Waals surface area contributed by atoms with Crippen LogP contribution in [0.2, 0.25) is 0 Å². The van der Waals surface area contributed by atoms with Gasteiger partial charge in [0.05, 0.1) is 5.41 Å². The summed E-state index contributed by atoms with van der Waals surface area (Å²) >= 11 is 0. The summed E-state index contributed by atoms with van der Waals surface area (Å²) in [5.41, 5.74) is -1.86. The summed E-state index contributed by atoms with van der Waals surface area (Å²) < 4.78 is 57.6. The van der Waals surface area contributed by atoms with E-state index in [1.807, 2.05) is 0 Å². The first-order valence-corrected chi connectivity index (χ1v) is 5.12. The first-order chi connectivity index (χ1) is 8.07. The van der Waals surface area contributed by atoms with Crippen molar-refractivity contribution in [2.45, 2.75) is 27.7 Å². The largest absolute Gasteiger partial charge is 0.420 e. The number of carbonyl (C=O) groups is 1. The van der Waals surface area contributed by atoms with Crippen LogP contribution in [0.4, 0.5) is 17.6 Å².